The van der Waals surface area contributed by atoms with E-state index < -0.39 is 0 Å². The minimum atomic E-state index is 0.823. The minimum absolute atomic E-state index is 0.823. The molecule has 1 aromatic rings. The molecule has 1 aromatic heterocycles. The first kappa shape index (κ1) is 14.5. The van der Waals surface area contributed by atoms with Crippen molar-refractivity contribution in [2.45, 2.75) is 26.8 Å². The lowest BCUT2D eigenvalue weighted by Gasteiger charge is -2.22. The Balaban J connectivity index is 2.47. The highest BCUT2D eigenvalue weighted by molar-refractivity contribution is 5.79. The van der Waals surface area contributed by atoms with Crippen LogP contribution in [0.4, 0.5) is 0 Å². The summed E-state index contributed by atoms with van der Waals surface area (Å²) in [6.07, 6.45) is 1.01. The molecule has 0 unspecified atom stereocenters. The molecular weight excluding hydrogens is 226 g/mol. The highest BCUT2D eigenvalue weighted by Gasteiger charge is 2.04. The number of aliphatic imine (C=N–C) groups is 1. The van der Waals surface area contributed by atoms with Crippen LogP contribution in [-0.2, 0) is 6.54 Å². The normalized spacial score (nSPS) is 10.3. The zero-order valence-electron chi connectivity index (χ0n) is 12.4. The van der Waals surface area contributed by atoms with E-state index in [9.17, 15) is 0 Å². The first-order valence-corrected chi connectivity index (χ1v) is 6.32. The summed E-state index contributed by atoms with van der Waals surface area (Å²) in [5.41, 5.74) is 2.30. The van der Waals surface area contributed by atoms with Gasteiger partial charge < -0.3 is 9.80 Å². The molecule has 5 nitrogen and oxygen atoms in total. The summed E-state index contributed by atoms with van der Waals surface area (Å²) < 4.78 is 2.05. The van der Waals surface area contributed by atoms with Crippen molar-refractivity contribution in [1.29, 1.82) is 0 Å². The van der Waals surface area contributed by atoms with Crippen LogP contribution < -0.4 is 0 Å². The summed E-state index contributed by atoms with van der Waals surface area (Å²) in [4.78, 5) is 8.66. The van der Waals surface area contributed by atoms with Gasteiger partial charge in [0.15, 0.2) is 5.96 Å². The third-order valence-corrected chi connectivity index (χ3v) is 2.68. The Kier molecular flexibility index (Phi) is 5.19. The summed E-state index contributed by atoms with van der Waals surface area (Å²) >= 11 is 0. The van der Waals surface area contributed by atoms with E-state index in [2.05, 4.69) is 27.8 Å². The predicted molar refractivity (Wildman–Crippen MR) is 76.0 cm³/mol. The van der Waals surface area contributed by atoms with E-state index in [-0.39, 0.29) is 0 Å². The quantitative estimate of drug-likeness (QED) is 0.461. The van der Waals surface area contributed by atoms with Gasteiger partial charge in [-0.3, -0.25) is 9.67 Å². The fourth-order valence-electron chi connectivity index (χ4n) is 1.98. The van der Waals surface area contributed by atoms with Crippen LogP contribution in [0.25, 0.3) is 0 Å². The van der Waals surface area contributed by atoms with Gasteiger partial charge >= 0.3 is 0 Å². The Morgan fingerprint density at radius 2 is 1.83 bits per heavy atom. The highest BCUT2D eigenvalue weighted by atomic mass is 15.3. The Bertz CT molecular complexity index is 394. The maximum atomic E-state index is 4.60. The molecule has 0 atom stereocenters. The minimum Gasteiger partial charge on any atom is -0.349 e. The fraction of sp³-hybridized carbons (Fsp3) is 0.692. The van der Waals surface area contributed by atoms with Gasteiger partial charge in [0.05, 0.1) is 5.69 Å². The molecule has 18 heavy (non-hydrogen) atoms. The second kappa shape index (κ2) is 6.42. The zero-order valence-corrected chi connectivity index (χ0v) is 12.4. The number of guanidine groups is 1. The highest BCUT2D eigenvalue weighted by Crippen LogP contribution is 2.02. The molecule has 102 valence electrons. The first-order chi connectivity index (χ1) is 8.41. The molecule has 0 saturated carbocycles. The number of aryl methyl sites for hydroxylation is 3. The van der Waals surface area contributed by atoms with Gasteiger partial charge in [0.25, 0.3) is 0 Å². The van der Waals surface area contributed by atoms with Crippen LogP contribution in [0.15, 0.2) is 11.1 Å². The van der Waals surface area contributed by atoms with E-state index in [1.165, 1.54) is 5.69 Å². The van der Waals surface area contributed by atoms with E-state index in [1.54, 1.807) is 0 Å². The summed E-state index contributed by atoms with van der Waals surface area (Å²) in [5.74, 6) is 1.00. The van der Waals surface area contributed by atoms with E-state index in [1.807, 2.05) is 44.9 Å². The first-order valence-electron chi connectivity index (χ1n) is 6.32. The number of hydrogen-bond acceptors (Lipinski definition) is 2. The van der Waals surface area contributed by atoms with E-state index in [0.717, 1.165) is 31.2 Å². The van der Waals surface area contributed by atoms with Crippen molar-refractivity contribution in [3.8, 4) is 0 Å². The number of rotatable bonds is 4. The average Bonchev–Trinajstić information content (AvgIpc) is 2.56. The van der Waals surface area contributed by atoms with Crippen molar-refractivity contribution >= 4 is 5.96 Å². The van der Waals surface area contributed by atoms with E-state index in [4.69, 9.17) is 0 Å². The third kappa shape index (κ3) is 4.05. The Morgan fingerprint density at radius 3 is 2.28 bits per heavy atom. The summed E-state index contributed by atoms with van der Waals surface area (Å²) in [6.45, 7) is 5.87. The zero-order chi connectivity index (χ0) is 13.7. The molecule has 1 heterocycles. The fourth-order valence-corrected chi connectivity index (χ4v) is 1.98. The molecule has 0 bridgehead atoms. The van der Waals surface area contributed by atoms with Gasteiger partial charge in [0, 0.05) is 47.0 Å². The van der Waals surface area contributed by atoms with Gasteiger partial charge in [0.2, 0.25) is 0 Å². The number of aromatic nitrogens is 2. The SMILES string of the molecule is Cc1cc(C)n(CCCN=C(N(C)C)N(C)C)n1. The maximum absolute atomic E-state index is 4.60. The van der Waals surface area contributed by atoms with Gasteiger partial charge in [0.1, 0.15) is 0 Å². The molecule has 0 N–H and O–H groups in total. The number of nitrogens with zero attached hydrogens (tertiary/aromatic N) is 5. The lowest BCUT2D eigenvalue weighted by atomic mass is 10.4. The van der Waals surface area contributed by atoms with Gasteiger partial charge in [-0.1, -0.05) is 0 Å². The molecule has 1 rings (SSSR count). The Labute approximate surface area is 110 Å². The largest absolute Gasteiger partial charge is 0.349 e. The molecule has 0 aliphatic rings. The molecule has 0 fully saturated rings. The standard InChI is InChI=1S/C13H25N5/c1-11-10-12(2)18(15-11)9-7-8-14-13(16(3)4)17(5)6/h10H,7-9H2,1-6H3. The van der Waals surface area contributed by atoms with Crippen LogP contribution in [-0.4, -0.2) is 60.3 Å². The van der Waals surface area contributed by atoms with Crippen molar-refractivity contribution < 1.29 is 0 Å². The topological polar surface area (TPSA) is 36.7 Å². The predicted octanol–water partition coefficient (Wildman–Crippen LogP) is 1.37. The van der Waals surface area contributed by atoms with Crippen molar-refractivity contribution in [2.75, 3.05) is 34.7 Å². The van der Waals surface area contributed by atoms with Gasteiger partial charge in [-0.05, 0) is 26.3 Å². The second-order valence-electron chi connectivity index (χ2n) is 4.97. The molecular formula is C13H25N5. The van der Waals surface area contributed by atoms with Crippen molar-refractivity contribution in [3.05, 3.63) is 17.5 Å². The van der Waals surface area contributed by atoms with Gasteiger partial charge in [-0.15, -0.1) is 0 Å². The van der Waals surface area contributed by atoms with Gasteiger partial charge in [-0.25, -0.2) is 0 Å². The van der Waals surface area contributed by atoms with Crippen LogP contribution in [0.5, 0.6) is 0 Å². The van der Waals surface area contributed by atoms with E-state index in [0.29, 0.717) is 0 Å². The summed E-state index contributed by atoms with van der Waals surface area (Å²) in [6, 6.07) is 2.11. The molecule has 5 heteroatoms. The van der Waals surface area contributed by atoms with Crippen molar-refractivity contribution in [1.82, 2.24) is 19.6 Å². The average molecular weight is 251 g/mol. The van der Waals surface area contributed by atoms with Crippen molar-refractivity contribution in [2.24, 2.45) is 4.99 Å². The molecule has 0 amide bonds. The summed E-state index contributed by atoms with van der Waals surface area (Å²) in [7, 11) is 8.05. The molecule has 0 aliphatic carbocycles. The third-order valence-electron chi connectivity index (χ3n) is 2.68. The molecule has 0 spiro atoms. The molecule has 0 aliphatic heterocycles. The molecule has 0 aromatic carbocycles. The Hall–Kier alpha value is -1.52. The Morgan fingerprint density at radius 1 is 1.22 bits per heavy atom. The van der Waals surface area contributed by atoms with Crippen LogP contribution in [0.1, 0.15) is 17.8 Å². The van der Waals surface area contributed by atoms with Crippen LogP contribution >= 0.6 is 0 Å². The maximum Gasteiger partial charge on any atom is 0.195 e. The molecule has 0 saturated heterocycles. The van der Waals surface area contributed by atoms with E-state index >= 15 is 0 Å². The van der Waals surface area contributed by atoms with Crippen LogP contribution in [0, 0.1) is 13.8 Å². The lowest BCUT2D eigenvalue weighted by Crippen LogP contribution is -2.35. The molecule has 0 radical (unpaired) electrons. The lowest BCUT2D eigenvalue weighted by molar-refractivity contribution is 0.476. The van der Waals surface area contributed by atoms with Crippen molar-refractivity contribution in [3.63, 3.8) is 0 Å². The number of hydrogen-bond donors (Lipinski definition) is 0. The van der Waals surface area contributed by atoms with Crippen LogP contribution in [0.3, 0.4) is 0 Å². The van der Waals surface area contributed by atoms with Crippen LogP contribution in [0.2, 0.25) is 0 Å². The second-order valence-corrected chi connectivity index (χ2v) is 4.97. The van der Waals surface area contributed by atoms with Gasteiger partial charge in [-0.2, -0.15) is 5.10 Å². The smallest absolute Gasteiger partial charge is 0.195 e. The summed E-state index contributed by atoms with van der Waals surface area (Å²) in [5, 5.41) is 4.44. The monoisotopic (exact) mass is 251 g/mol.